The first-order valence-corrected chi connectivity index (χ1v) is 9.92. The monoisotopic (exact) mass is 424 g/mol. The molecule has 9 nitrogen and oxygen atoms in total. The Morgan fingerprint density at radius 1 is 1.06 bits per heavy atom. The first kappa shape index (κ1) is 22.0. The van der Waals surface area contributed by atoms with E-state index in [9.17, 15) is 14.4 Å². The highest BCUT2D eigenvalue weighted by molar-refractivity contribution is 6.40. The summed E-state index contributed by atoms with van der Waals surface area (Å²) in [5.74, 6) is -1.51. The Morgan fingerprint density at radius 3 is 2.55 bits per heavy atom. The van der Waals surface area contributed by atoms with Gasteiger partial charge in [-0.2, -0.15) is 5.10 Å². The van der Waals surface area contributed by atoms with Crippen molar-refractivity contribution < 1.29 is 23.9 Å². The van der Waals surface area contributed by atoms with Gasteiger partial charge in [-0.3, -0.25) is 14.4 Å². The van der Waals surface area contributed by atoms with Gasteiger partial charge in [-0.1, -0.05) is 24.3 Å². The SMILES string of the molecule is CCOc1ccccc1/C=N\NC(=O)C(=O)Nc1ccccc1C(=O)N1CCOCC1. The lowest BCUT2D eigenvalue weighted by Crippen LogP contribution is -2.41. The number of carbonyl (C=O) groups is 3. The Balaban J connectivity index is 1.63. The van der Waals surface area contributed by atoms with E-state index in [-0.39, 0.29) is 11.6 Å². The number of nitrogens with one attached hydrogen (secondary N) is 2. The van der Waals surface area contributed by atoms with Crippen LogP contribution in [0.5, 0.6) is 5.75 Å². The van der Waals surface area contributed by atoms with Gasteiger partial charge in [0, 0.05) is 18.7 Å². The van der Waals surface area contributed by atoms with Crippen LogP contribution < -0.4 is 15.5 Å². The molecule has 9 heteroatoms. The van der Waals surface area contributed by atoms with Gasteiger partial charge in [0.2, 0.25) is 0 Å². The van der Waals surface area contributed by atoms with Crippen LogP contribution in [0.2, 0.25) is 0 Å². The highest BCUT2D eigenvalue weighted by Gasteiger charge is 2.22. The fourth-order valence-corrected chi connectivity index (χ4v) is 2.98. The predicted molar refractivity (Wildman–Crippen MR) is 115 cm³/mol. The number of carbonyl (C=O) groups excluding carboxylic acids is 3. The maximum atomic E-state index is 12.8. The molecule has 3 rings (SSSR count). The molecule has 1 fully saturated rings. The second-order valence-electron chi connectivity index (χ2n) is 6.57. The van der Waals surface area contributed by atoms with Crippen LogP contribution in [0.1, 0.15) is 22.8 Å². The van der Waals surface area contributed by atoms with E-state index in [0.717, 1.165) is 0 Å². The number of hydrogen-bond donors (Lipinski definition) is 2. The Labute approximate surface area is 180 Å². The van der Waals surface area contributed by atoms with Crippen molar-refractivity contribution in [1.82, 2.24) is 10.3 Å². The molecule has 0 aliphatic carbocycles. The molecule has 2 N–H and O–H groups in total. The molecular formula is C22H24N4O5. The second-order valence-corrected chi connectivity index (χ2v) is 6.57. The first-order valence-electron chi connectivity index (χ1n) is 9.92. The zero-order valence-electron chi connectivity index (χ0n) is 17.2. The zero-order valence-corrected chi connectivity index (χ0v) is 17.2. The van der Waals surface area contributed by atoms with Gasteiger partial charge >= 0.3 is 11.8 Å². The smallest absolute Gasteiger partial charge is 0.329 e. The molecule has 1 heterocycles. The lowest BCUT2D eigenvalue weighted by Gasteiger charge is -2.27. The molecule has 1 saturated heterocycles. The highest BCUT2D eigenvalue weighted by atomic mass is 16.5. The molecule has 2 aromatic rings. The summed E-state index contributed by atoms with van der Waals surface area (Å²) in [6.07, 6.45) is 1.39. The van der Waals surface area contributed by atoms with Crippen molar-refractivity contribution in [2.75, 3.05) is 38.2 Å². The van der Waals surface area contributed by atoms with E-state index in [2.05, 4.69) is 15.8 Å². The summed E-state index contributed by atoms with van der Waals surface area (Å²) >= 11 is 0. The Kier molecular flexibility index (Phi) is 7.72. The van der Waals surface area contributed by atoms with E-state index >= 15 is 0 Å². The Bertz CT molecular complexity index is 970. The summed E-state index contributed by atoms with van der Waals surface area (Å²) in [5, 5.41) is 6.31. The summed E-state index contributed by atoms with van der Waals surface area (Å²) in [6, 6.07) is 13.7. The van der Waals surface area contributed by atoms with Gasteiger partial charge in [0.25, 0.3) is 5.91 Å². The van der Waals surface area contributed by atoms with Crippen LogP contribution in [-0.2, 0) is 14.3 Å². The average Bonchev–Trinajstić information content (AvgIpc) is 2.80. The predicted octanol–water partition coefficient (Wildman–Crippen LogP) is 1.65. The van der Waals surface area contributed by atoms with Gasteiger partial charge in [-0.25, -0.2) is 5.43 Å². The van der Waals surface area contributed by atoms with E-state index in [1.165, 1.54) is 6.21 Å². The van der Waals surface area contributed by atoms with Gasteiger partial charge < -0.3 is 19.7 Å². The third kappa shape index (κ3) is 5.89. The normalized spacial score (nSPS) is 13.6. The molecule has 162 valence electrons. The maximum absolute atomic E-state index is 12.8. The first-order chi connectivity index (χ1) is 15.1. The summed E-state index contributed by atoms with van der Waals surface area (Å²) in [5.41, 5.74) is 3.40. The van der Waals surface area contributed by atoms with Gasteiger partial charge in [0.1, 0.15) is 5.75 Å². The van der Waals surface area contributed by atoms with Crippen LogP contribution in [0.3, 0.4) is 0 Å². The van der Waals surface area contributed by atoms with E-state index < -0.39 is 11.8 Å². The molecule has 31 heavy (non-hydrogen) atoms. The molecule has 0 unspecified atom stereocenters. The molecule has 1 aliphatic rings. The minimum absolute atomic E-state index is 0.231. The fraction of sp³-hybridized carbons (Fsp3) is 0.273. The number of hydrazone groups is 1. The second kappa shape index (κ2) is 10.9. The van der Waals surface area contributed by atoms with E-state index in [1.807, 2.05) is 13.0 Å². The van der Waals surface area contributed by atoms with E-state index in [1.54, 1.807) is 47.4 Å². The molecule has 0 atom stereocenters. The van der Waals surface area contributed by atoms with Crippen molar-refractivity contribution in [2.45, 2.75) is 6.92 Å². The molecule has 0 radical (unpaired) electrons. The number of anilines is 1. The number of nitrogens with zero attached hydrogens (tertiary/aromatic N) is 2. The highest BCUT2D eigenvalue weighted by Crippen LogP contribution is 2.18. The molecule has 1 aliphatic heterocycles. The maximum Gasteiger partial charge on any atom is 0.329 e. The third-order valence-electron chi connectivity index (χ3n) is 4.50. The quantitative estimate of drug-likeness (QED) is 0.416. The van der Waals surface area contributed by atoms with Crippen molar-refractivity contribution in [1.29, 1.82) is 0 Å². The lowest BCUT2D eigenvalue weighted by molar-refractivity contribution is -0.136. The molecule has 2 aromatic carbocycles. The molecule has 0 saturated carbocycles. The van der Waals surface area contributed by atoms with Crippen LogP contribution >= 0.6 is 0 Å². The lowest BCUT2D eigenvalue weighted by atomic mass is 10.1. The van der Waals surface area contributed by atoms with Crippen molar-refractivity contribution in [3.63, 3.8) is 0 Å². The molecule has 0 aromatic heterocycles. The molecular weight excluding hydrogens is 400 g/mol. The van der Waals surface area contributed by atoms with E-state index in [0.29, 0.717) is 49.8 Å². The van der Waals surface area contributed by atoms with Crippen LogP contribution in [-0.4, -0.2) is 61.7 Å². The number of rotatable bonds is 6. The standard InChI is InChI=1S/C22H24N4O5/c1-2-31-19-10-6-3-7-16(19)15-23-25-21(28)20(27)24-18-9-5-4-8-17(18)22(29)26-11-13-30-14-12-26/h3-10,15H,2,11-14H2,1H3,(H,24,27)(H,25,28)/b23-15-. The number of para-hydroxylation sites is 2. The number of amides is 3. The van der Waals surface area contributed by atoms with E-state index in [4.69, 9.17) is 9.47 Å². The van der Waals surface area contributed by atoms with Crippen LogP contribution in [0.15, 0.2) is 53.6 Å². The van der Waals surface area contributed by atoms with Gasteiger partial charge in [0.05, 0.1) is 37.3 Å². The largest absolute Gasteiger partial charge is 0.493 e. The fourth-order valence-electron chi connectivity index (χ4n) is 2.98. The average molecular weight is 424 g/mol. The van der Waals surface area contributed by atoms with Crippen LogP contribution in [0.25, 0.3) is 0 Å². The van der Waals surface area contributed by atoms with Gasteiger partial charge in [0.15, 0.2) is 0 Å². The Morgan fingerprint density at radius 2 is 1.77 bits per heavy atom. The summed E-state index contributed by atoms with van der Waals surface area (Å²) in [7, 11) is 0. The van der Waals surface area contributed by atoms with Crippen molar-refractivity contribution >= 4 is 29.6 Å². The minimum atomic E-state index is -0.959. The summed E-state index contributed by atoms with van der Waals surface area (Å²) in [6.45, 7) is 4.23. The third-order valence-corrected chi connectivity index (χ3v) is 4.50. The van der Waals surface area contributed by atoms with Crippen molar-refractivity contribution in [2.24, 2.45) is 5.10 Å². The zero-order chi connectivity index (χ0) is 22.1. The van der Waals surface area contributed by atoms with Crippen molar-refractivity contribution in [3.05, 3.63) is 59.7 Å². The molecule has 0 bridgehead atoms. The molecule has 0 spiro atoms. The van der Waals surface area contributed by atoms with Crippen molar-refractivity contribution in [3.8, 4) is 5.75 Å². The summed E-state index contributed by atoms with van der Waals surface area (Å²) in [4.78, 5) is 38.9. The van der Waals surface area contributed by atoms with Crippen LogP contribution in [0, 0.1) is 0 Å². The van der Waals surface area contributed by atoms with Crippen LogP contribution in [0.4, 0.5) is 5.69 Å². The summed E-state index contributed by atoms with van der Waals surface area (Å²) < 4.78 is 10.7. The topological polar surface area (TPSA) is 109 Å². The molecule has 3 amide bonds. The number of morpholine rings is 1. The number of benzene rings is 2. The van der Waals surface area contributed by atoms with Gasteiger partial charge in [-0.15, -0.1) is 0 Å². The number of hydrogen-bond acceptors (Lipinski definition) is 6. The Hall–Kier alpha value is -3.72. The van der Waals surface area contributed by atoms with Gasteiger partial charge in [-0.05, 0) is 31.2 Å². The minimum Gasteiger partial charge on any atom is -0.493 e. The number of ether oxygens (including phenoxy) is 2.